The first-order valence-electron chi connectivity index (χ1n) is 9.55. The SMILES string of the molecule is CCOC(=O)c1cc(-c2ccccc2)sc1NC(=O)CNC(C)CC.O=C(O)C(=O)O. The quantitative estimate of drug-likeness (QED) is 0.355. The van der Waals surface area contributed by atoms with Gasteiger partial charge in [0.15, 0.2) is 0 Å². The summed E-state index contributed by atoms with van der Waals surface area (Å²) in [4.78, 5) is 43.5. The number of carbonyl (C=O) groups is 4. The highest BCUT2D eigenvalue weighted by atomic mass is 32.1. The Balaban J connectivity index is 0.000000703. The maximum Gasteiger partial charge on any atom is 0.414 e. The smallest absolute Gasteiger partial charge is 0.414 e. The average Bonchev–Trinajstić information content (AvgIpc) is 3.17. The van der Waals surface area contributed by atoms with E-state index in [4.69, 9.17) is 24.5 Å². The largest absolute Gasteiger partial charge is 0.473 e. The van der Waals surface area contributed by atoms with Crippen molar-refractivity contribution in [3.8, 4) is 10.4 Å². The molecule has 1 aromatic carbocycles. The predicted molar refractivity (Wildman–Crippen MR) is 117 cm³/mol. The molecule has 0 aliphatic heterocycles. The minimum Gasteiger partial charge on any atom is -0.473 e. The number of carbonyl (C=O) groups excluding carboxylic acids is 2. The molecule has 0 saturated heterocycles. The van der Waals surface area contributed by atoms with Crippen molar-refractivity contribution in [2.75, 3.05) is 18.5 Å². The number of thiophene rings is 1. The number of hydrogen-bond donors (Lipinski definition) is 4. The van der Waals surface area contributed by atoms with E-state index in [1.54, 1.807) is 13.0 Å². The third-order valence-corrected chi connectivity index (χ3v) is 5.04. The summed E-state index contributed by atoms with van der Waals surface area (Å²) in [6.45, 7) is 6.33. The van der Waals surface area contributed by atoms with E-state index >= 15 is 0 Å². The summed E-state index contributed by atoms with van der Waals surface area (Å²) < 4.78 is 5.12. The third kappa shape index (κ3) is 8.97. The van der Waals surface area contributed by atoms with Crippen LogP contribution >= 0.6 is 11.3 Å². The molecular weight excluding hydrogens is 424 g/mol. The van der Waals surface area contributed by atoms with E-state index in [1.165, 1.54) is 11.3 Å². The second-order valence-electron chi connectivity index (χ2n) is 6.29. The van der Waals surface area contributed by atoms with Crippen molar-refractivity contribution in [2.24, 2.45) is 0 Å². The molecule has 0 bridgehead atoms. The van der Waals surface area contributed by atoms with E-state index in [-0.39, 0.29) is 25.1 Å². The molecule has 10 heteroatoms. The Hall–Kier alpha value is -3.24. The molecule has 2 aromatic rings. The molecule has 1 aromatic heterocycles. The first-order valence-corrected chi connectivity index (χ1v) is 10.4. The van der Waals surface area contributed by atoms with Gasteiger partial charge in [0.05, 0.1) is 18.7 Å². The number of anilines is 1. The van der Waals surface area contributed by atoms with Crippen molar-refractivity contribution < 1.29 is 34.1 Å². The van der Waals surface area contributed by atoms with Gasteiger partial charge in [-0.1, -0.05) is 37.3 Å². The Morgan fingerprint density at radius 2 is 1.68 bits per heavy atom. The second kappa shape index (κ2) is 13.1. The number of amides is 1. The maximum atomic E-state index is 12.2. The van der Waals surface area contributed by atoms with Crippen LogP contribution in [-0.2, 0) is 19.1 Å². The Labute approximate surface area is 184 Å². The van der Waals surface area contributed by atoms with Crippen molar-refractivity contribution in [2.45, 2.75) is 33.2 Å². The Kier molecular flexibility index (Phi) is 10.9. The lowest BCUT2D eigenvalue weighted by atomic mass is 10.1. The molecule has 1 atom stereocenters. The molecule has 168 valence electrons. The predicted octanol–water partition coefficient (Wildman–Crippen LogP) is 3.07. The zero-order chi connectivity index (χ0) is 23.4. The molecule has 0 aliphatic rings. The van der Waals surface area contributed by atoms with Gasteiger partial charge < -0.3 is 25.6 Å². The van der Waals surface area contributed by atoms with Crippen LogP contribution in [0.15, 0.2) is 36.4 Å². The number of esters is 1. The fourth-order valence-corrected chi connectivity index (χ4v) is 3.24. The number of nitrogens with one attached hydrogen (secondary N) is 2. The van der Waals surface area contributed by atoms with Gasteiger partial charge in [-0.15, -0.1) is 11.3 Å². The molecule has 0 saturated carbocycles. The first-order chi connectivity index (χ1) is 14.7. The number of benzene rings is 1. The highest BCUT2D eigenvalue weighted by molar-refractivity contribution is 7.20. The molecule has 9 nitrogen and oxygen atoms in total. The van der Waals surface area contributed by atoms with Crippen molar-refractivity contribution in [3.63, 3.8) is 0 Å². The van der Waals surface area contributed by atoms with Crippen LogP contribution < -0.4 is 10.6 Å². The van der Waals surface area contributed by atoms with Gasteiger partial charge in [0.25, 0.3) is 0 Å². The Morgan fingerprint density at radius 1 is 1.06 bits per heavy atom. The van der Waals surface area contributed by atoms with E-state index in [1.807, 2.05) is 37.3 Å². The lowest BCUT2D eigenvalue weighted by Crippen LogP contribution is -2.34. The standard InChI is InChI=1S/C19H24N2O3S.C2H2O4/c1-4-13(3)20-12-17(22)21-18-15(19(23)24-5-2)11-16(25-18)14-9-7-6-8-10-14;3-1(4)2(5)6/h6-11,13,20H,4-5,12H2,1-3H3,(H,21,22);(H,3,4)(H,5,6). The van der Waals surface area contributed by atoms with Crippen molar-refractivity contribution in [1.29, 1.82) is 0 Å². The summed E-state index contributed by atoms with van der Waals surface area (Å²) in [6, 6.07) is 11.8. The van der Waals surface area contributed by atoms with Crippen molar-refractivity contribution in [3.05, 3.63) is 42.0 Å². The van der Waals surface area contributed by atoms with Gasteiger partial charge in [0.1, 0.15) is 5.00 Å². The minimum absolute atomic E-state index is 0.174. The Morgan fingerprint density at radius 3 is 2.19 bits per heavy atom. The number of carboxylic acid groups (broad SMARTS) is 2. The first kappa shape index (κ1) is 25.8. The summed E-state index contributed by atoms with van der Waals surface area (Å²) in [7, 11) is 0. The molecule has 2 rings (SSSR count). The van der Waals surface area contributed by atoms with E-state index in [0.717, 1.165) is 16.9 Å². The molecule has 1 heterocycles. The van der Waals surface area contributed by atoms with E-state index in [2.05, 4.69) is 17.6 Å². The normalized spacial score (nSPS) is 10.9. The van der Waals surface area contributed by atoms with Gasteiger partial charge in [-0.25, -0.2) is 14.4 Å². The van der Waals surface area contributed by atoms with Gasteiger partial charge in [0, 0.05) is 10.9 Å². The number of hydrogen-bond acceptors (Lipinski definition) is 7. The molecular formula is C21H26N2O7S. The van der Waals surface area contributed by atoms with Crippen LogP contribution in [0.4, 0.5) is 5.00 Å². The van der Waals surface area contributed by atoms with Crippen LogP contribution in [0.5, 0.6) is 0 Å². The van der Waals surface area contributed by atoms with Gasteiger partial charge in [-0.3, -0.25) is 4.79 Å². The van der Waals surface area contributed by atoms with Crippen LogP contribution in [-0.4, -0.2) is 53.2 Å². The second-order valence-corrected chi connectivity index (χ2v) is 7.34. The van der Waals surface area contributed by atoms with Crippen LogP contribution in [0.2, 0.25) is 0 Å². The Bertz CT molecular complexity index is 884. The number of rotatable bonds is 8. The molecule has 31 heavy (non-hydrogen) atoms. The zero-order valence-corrected chi connectivity index (χ0v) is 18.3. The molecule has 0 fully saturated rings. The zero-order valence-electron chi connectivity index (χ0n) is 17.5. The van der Waals surface area contributed by atoms with Crippen LogP contribution in [0.25, 0.3) is 10.4 Å². The summed E-state index contributed by atoms with van der Waals surface area (Å²) in [5, 5.41) is 21.3. The van der Waals surface area contributed by atoms with Crippen LogP contribution in [0.3, 0.4) is 0 Å². The summed E-state index contributed by atoms with van der Waals surface area (Å²) in [5.41, 5.74) is 1.39. The molecule has 0 aliphatic carbocycles. The van der Waals surface area contributed by atoms with Crippen LogP contribution in [0, 0.1) is 0 Å². The van der Waals surface area contributed by atoms with Gasteiger partial charge >= 0.3 is 17.9 Å². The highest BCUT2D eigenvalue weighted by Crippen LogP contribution is 2.35. The molecule has 4 N–H and O–H groups in total. The minimum atomic E-state index is -1.82. The summed E-state index contributed by atoms with van der Waals surface area (Å²) in [6.07, 6.45) is 0.943. The van der Waals surface area contributed by atoms with Crippen molar-refractivity contribution >= 4 is 40.2 Å². The molecule has 1 amide bonds. The maximum absolute atomic E-state index is 12.2. The molecule has 1 unspecified atom stereocenters. The molecule has 0 radical (unpaired) electrons. The lowest BCUT2D eigenvalue weighted by Gasteiger charge is -2.11. The molecule has 0 spiro atoms. The average molecular weight is 451 g/mol. The third-order valence-electron chi connectivity index (χ3n) is 3.95. The van der Waals surface area contributed by atoms with Gasteiger partial charge in [0.2, 0.25) is 5.91 Å². The highest BCUT2D eigenvalue weighted by Gasteiger charge is 2.19. The van der Waals surface area contributed by atoms with Crippen molar-refractivity contribution in [1.82, 2.24) is 5.32 Å². The summed E-state index contributed by atoms with van der Waals surface area (Å²) >= 11 is 1.37. The van der Waals surface area contributed by atoms with E-state index in [0.29, 0.717) is 10.6 Å². The summed E-state index contributed by atoms with van der Waals surface area (Å²) in [5.74, 6) is -4.25. The number of ether oxygens (including phenoxy) is 1. The lowest BCUT2D eigenvalue weighted by molar-refractivity contribution is -0.159. The fourth-order valence-electron chi connectivity index (χ4n) is 2.17. The van der Waals surface area contributed by atoms with E-state index < -0.39 is 17.9 Å². The topological polar surface area (TPSA) is 142 Å². The van der Waals surface area contributed by atoms with Gasteiger partial charge in [-0.2, -0.15) is 0 Å². The fraction of sp³-hybridized carbons (Fsp3) is 0.333. The number of aliphatic carboxylic acids is 2. The van der Waals surface area contributed by atoms with E-state index in [9.17, 15) is 9.59 Å². The number of carboxylic acids is 2. The van der Waals surface area contributed by atoms with Crippen LogP contribution in [0.1, 0.15) is 37.6 Å². The van der Waals surface area contributed by atoms with Gasteiger partial charge in [-0.05, 0) is 31.9 Å². The monoisotopic (exact) mass is 450 g/mol.